The Hall–Kier alpha value is -1.83. The Labute approximate surface area is 157 Å². The lowest BCUT2D eigenvalue weighted by molar-refractivity contribution is 0.102. The number of anilines is 1. The van der Waals surface area contributed by atoms with Crippen molar-refractivity contribution in [2.24, 2.45) is 0 Å². The second-order valence-electron chi connectivity index (χ2n) is 5.08. The van der Waals surface area contributed by atoms with E-state index >= 15 is 0 Å². The Morgan fingerprint density at radius 2 is 2.00 bits per heavy atom. The molecule has 24 heavy (non-hydrogen) atoms. The standard InChI is InChI=1S/C18H13ClINO3/c19-15-6-4-11(17-7-5-14(10-22)24-17)9-16(15)21-18(23)12-2-1-3-13(20)8-12/h1-9,22H,10H2,(H,21,23). The van der Waals surface area contributed by atoms with E-state index in [4.69, 9.17) is 21.1 Å². The summed E-state index contributed by atoms with van der Waals surface area (Å²) in [6.07, 6.45) is 0. The van der Waals surface area contributed by atoms with Crippen molar-refractivity contribution < 1.29 is 14.3 Å². The van der Waals surface area contributed by atoms with Gasteiger partial charge in [0.1, 0.15) is 18.1 Å². The topological polar surface area (TPSA) is 62.5 Å². The Morgan fingerprint density at radius 3 is 2.71 bits per heavy atom. The van der Waals surface area contributed by atoms with Gasteiger partial charge in [0, 0.05) is 14.7 Å². The van der Waals surface area contributed by atoms with Crippen LogP contribution in [0.3, 0.4) is 0 Å². The summed E-state index contributed by atoms with van der Waals surface area (Å²) in [4.78, 5) is 12.4. The lowest BCUT2D eigenvalue weighted by atomic mass is 10.1. The molecule has 1 heterocycles. The number of aliphatic hydroxyl groups excluding tert-OH is 1. The number of halogens is 2. The molecule has 1 aromatic heterocycles. The molecule has 0 saturated heterocycles. The van der Waals surface area contributed by atoms with E-state index in [1.807, 2.05) is 12.1 Å². The van der Waals surface area contributed by atoms with Crippen molar-refractivity contribution in [2.45, 2.75) is 6.61 Å². The van der Waals surface area contributed by atoms with E-state index in [2.05, 4.69) is 27.9 Å². The van der Waals surface area contributed by atoms with E-state index in [1.54, 1.807) is 42.5 Å². The molecule has 0 atom stereocenters. The maximum atomic E-state index is 12.4. The summed E-state index contributed by atoms with van der Waals surface area (Å²) in [5, 5.41) is 12.3. The minimum Gasteiger partial charge on any atom is -0.459 e. The molecule has 6 heteroatoms. The van der Waals surface area contributed by atoms with Crippen molar-refractivity contribution in [3.63, 3.8) is 0 Å². The first-order valence-corrected chi connectivity index (χ1v) is 8.59. The van der Waals surface area contributed by atoms with Crippen molar-refractivity contribution >= 4 is 45.8 Å². The fraction of sp³-hybridized carbons (Fsp3) is 0.0556. The number of furan rings is 1. The van der Waals surface area contributed by atoms with Crippen LogP contribution >= 0.6 is 34.2 Å². The first-order chi connectivity index (χ1) is 11.6. The molecule has 0 aliphatic heterocycles. The third-order valence-electron chi connectivity index (χ3n) is 3.40. The third kappa shape index (κ3) is 3.80. The van der Waals surface area contributed by atoms with Crippen molar-refractivity contribution in [1.82, 2.24) is 0 Å². The molecular formula is C18H13ClINO3. The van der Waals surface area contributed by atoms with E-state index in [1.165, 1.54) is 0 Å². The third-order valence-corrected chi connectivity index (χ3v) is 4.40. The smallest absolute Gasteiger partial charge is 0.255 e. The van der Waals surface area contributed by atoms with Gasteiger partial charge in [-0.25, -0.2) is 0 Å². The molecule has 0 spiro atoms. The van der Waals surface area contributed by atoms with Crippen LogP contribution in [0.25, 0.3) is 11.3 Å². The van der Waals surface area contributed by atoms with Crippen LogP contribution in [0.5, 0.6) is 0 Å². The summed E-state index contributed by atoms with van der Waals surface area (Å²) < 4.78 is 6.49. The van der Waals surface area contributed by atoms with Crippen molar-refractivity contribution in [1.29, 1.82) is 0 Å². The first-order valence-electron chi connectivity index (χ1n) is 7.13. The van der Waals surface area contributed by atoms with Gasteiger partial charge in [-0.2, -0.15) is 0 Å². The molecule has 122 valence electrons. The van der Waals surface area contributed by atoms with Crippen LogP contribution in [0.2, 0.25) is 5.02 Å². The largest absolute Gasteiger partial charge is 0.459 e. The van der Waals surface area contributed by atoms with Crippen molar-refractivity contribution in [3.05, 3.63) is 74.5 Å². The summed E-state index contributed by atoms with van der Waals surface area (Å²) in [6.45, 7) is -0.163. The highest BCUT2D eigenvalue weighted by atomic mass is 127. The van der Waals surface area contributed by atoms with E-state index in [9.17, 15) is 4.79 Å². The first kappa shape index (κ1) is 17.0. The van der Waals surface area contributed by atoms with Gasteiger partial charge in [-0.05, 0) is 71.1 Å². The molecule has 0 aliphatic carbocycles. The molecule has 3 rings (SSSR count). The van der Waals surface area contributed by atoms with Gasteiger partial charge in [-0.1, -0.05) is 17.7 Å². The molecule has 2 N–H and O–H groups in total. The second-order valence-corrected chi connectivity index (χ2v) is 6.74. The minimum absolute atomic E-state index is 0.163. The Kier molecular flexibility index (Phi) is 5.23. The van der Waals surface area contributed by atoms with Gasteiger partial charge < -0.3 is 14.8 Å². The lowest BCUT2D eigenvalue weighted by Gasteiger charge is -2.09. The quantitative estimate of drug-likeness (QED) is 0.550. The van der Waals surface area contributed by atoms with Gasteiger partial charge in [-0.3, -0.25) is 4.79 Å². The zero-order chi connectivity index (χ0) is 17.1. The zero-order valence-corrected chi connectivity index (χ0v) is 15.3. The SMILES string of the molecule is O=C(Nc1cc(-c2ccc(CO)o2)ccc1Cl)c1cccc(I)c1. The average molecular weight is 454 g/mol. The molecule has 3 aromatic rings. The monoisotopic (exact) mass is 453 g/mol. The van der Waals surface area contributed by atoms with Crippen LogP contribution in [-0.4, -0.2) is 11.0 Å². The van der Waals surface area contributed by atoms with Crippen LogP contribution in [0, 0.1) is 3.57 Å². The molecule has 4 nitrogen and oxygen atoms in total. The van der Waals surface area contributed by atoms with Crippen LogP contribution in [0.15, 0.2) is 59.0 Å². The van der Waals surface area contributed by atoms with Gasteiger partial charge in [0.2, 0.25) is 0 Å². The maximum Gasteiger partial charge on any atom is 0.255 e. The van der Waals surface area contributed by atoms with Gasteiger partial charge in [0.25, 0.3) is 5.91 Å². The number of amides is 1. The highest BCUT2D eigenvalue weighted by molar-refractivity contribution is 14.1. The number of hydrogen-bond donors (Lipinski definition) is 2. The molecule has 0 fully saturated rings. The van der Waals surface area contributed by atoms with Gasteiger partial charge in [-0.15, -0.1) is 0 Å². The fourth-order valence-electron chi connectivity index (χ4n) is 2.22. The lowest BCUT2D eigenvalue weighted by Crippen LogP contribution is -2.12. The molecular weight excluding hydrogens is 441 g/mol. The van der Waals surface area contributed by atoms with E-state index in [0.29, 0.717) is 27.8 Å². The van der Waals surface area contributed by atoms with E-state index in [0.717, 1.165) is 9.13 Å². The summed E-state index contributed by atoms with van der Waals surface area (Å²) in [5.41, 5.74) is 1.82. The predicted octanol–water partition coefficient (Wildman–Crippen LogP) is 4.95. The summed E-state index contributed by atoms with van der Waals surface area (Å²) >= 11 is 8.35. The van der Waals surface area contributed by atoms with Crippen LogP contribution < -0.4 is 5.32 Å². The maximum absolute atomic E-state index is 12.4. The number of aliphatic hydroxyl groups is 1. The molecule has 0 unspecified atom stereocenters. The van der Waals surface area contributed by atoms with Crippen LogP contribution in [0.1, 0.15) is 16.1 Å². The number of benzene rings is 2. The van der Waals surface area contributed by atoms with Gasteiger partial charge >= 0.3 is 0 Å². The van der Waals surface area contributed by atoms with E-state index < -0.39 is 0 Å². The van der Waals surface area contributed by atoms with Crippen molar-refractivity contribution in [2.75, 3.05) is 5.32 Å². The molecule has 0 radical (unpaired) electrons. The number of rotatable bonds is 4. The molecule has 1 amide bonds. The van der Waals surface area contributed by atoms with Gasteiger partial charge in [0.05, 0.1) is 10.7 Å². The van der Waals surface area contributed by atoms with Gasteiger partial charge in [0.15, 0.2) is 0 Å². The Morgan fingerprint density at radius 1 is 1.17 bits per heavy atom. The number of hydrogen-bond acceptors (Lipinski definition) is 3. The Bertz CT molecular complexity index is 891. The van der Waals surface area contributed by atoms with Crippen LogP contribution in [0.4, 0.5) is 5.69 Å². The number of carbonyl (C=O) groups is 1. The fourth-order valence-corrected chi connectivity index (χ4v) is 2.92. The number of nitrogens with one attached hydrogen (secondary N) is 1. The molecule has 0 bridgehead atoms. The summed E-state index contributed by atoms with van der Waals surface area (Å²) in [5.74, 6) is 0.841. The summed E-state index contributed by atoms with van der Waals surface area (Å²) in [6, 6.07) is 16.0. The van der Waals surface area contributed by atoms with Crippen molar-refractivity contribution in [3.8, 4) is 11.3 Å². The van der Waals surface area contributed by atoms with E-state index in [-0.39, 0.29) is 12.5 Å². The molecule has 0 saturated carbocycles. The molecule has 2 aromatic carbocycles. The normalized spacial score (nSPS) is 10.6. The second kappa shape index (κ2) is 7.38. The number of carbonyl (C=O) groups excluding carboxylic acids is 1. The Balaban J connectivity index is 1.87. The highest BCUT2D eigenvalue weighted by Crippen LogP contribution is 2.30. The van der Waals surface area contributed by atoms with Crippen LogP contribution in [-0.2, 0) is 6.61 Å². The summed E-state index contributed by atoms with van der Waals surface area (Å²) in [7, 11) is 0. The minimum atomic E-state index is -0.233. The predicted molar refractivity (Wildman–Crippen MR) is 102 cm³/mol. The zero-order valence-electron chi connectivity index (χ0n) is 12.4. The highest BCUT2D eigenvalue weighted by Gasteiger charge is 2.12. The average Bonchev–Trinajstić information content (AvgIpc) is 3.06. The molecule has 0 aliphatic rings.